The van der Waals surface area contributed by atoms with Crippen LogP contribution in [0.15, 0.2) is 109 Å². The molecular formula is C28H23N. The molecule has 0 amide bonds. The quantitative estimate of drug-likeness (QED) is 0.307. The molecule has 4 aromatic carbocycles. The van der Waals surface area contributed by atoms with Gasteiger partial charge in [-0.3, -0.25) is 0 Å². The van der Waals surface area contributed by atoms with Gasteiger partial charge in [-0.1, -0.05) is 104 Å². The van der Waals surface area contributed by atoms with E-state index in [4.69, 9.17) is 0 Å². The Labute approximate surface area is 171 Å². The van der Waals surface area contributed by atoms with Gasteiger partial charge in [0.1, 0.15) is 0 Å². The smallest absolute Gasteiger partial charge is 0.0613 e. The van der Waals surface area contributed by atoms with Crippen molar-refractivity contribution >= 4 is 10.8 Å². The maximum atomic E-state index is 2.43. The van der Waals surface area contributed by atoms with Crippen LogP contribution in [0.25, 0.3) is 39.0 Å². The normalized spacial score (nSPS) is 11.1. The Morgan fingerprint density at radius 1 is 0.517 bits per heavy atom. The number of hydrogen-bond donors (Lipinski definition) is 0. The highest BCUT2D eigenvalue weighted by Gasteiger charge is 2.20. The largest absolute Gasteiger partial charge is 0.308 e. The fourth-order valence-electron chi connectivity index (χ4n) is 4.15. The third-order valence-electron chi connectivity index (χ3n) is 5.58. The third-order valence-corrected chi connectivity index (χ3v) is 5.58. The van der Waals surface area contributed by atoms with Crippen LogP contribution in [-0.2, 0) is 6.42 Å². The topological polar surface area (TPSA) is 4.93 Å². The second-order valence-corrected chi connectivity index (χ2v) is 7.33. The molecule has 0 saturated heterocycles. The fourth-order valence-corrected chi connectivity index (χ4v) is 4.15. The van der Waals surface area contributed by atoms with Gasteiger partial charge in [0.15, 0.2) is 0 Å². The van der Waals surface area contributed by atoms with Crippen molar-refractivity contribution < 1.29 is 0 Å². The lowest BCUT2D eigenvalue weighted by Crippen LogP contribution is -2.00. The minimum atomic E-state index is 1.05. The van der Waals surface area contributed by atoms with Crippen LogP contribution in [0.1, 0.15) is 12.5 Å². The molecule has 140 valence electrons. The van der Waals surface area contributed by atoms with Gasteiger partial charge in [0, 0.05) is 16.5 Å². The molecular weight excluding hydrogens is 350 g/mol. The number of benzene rings is 4. The zero-order valence-electron chi connectivity index (χ0n) is 16.5. The van der Waals surface area contributed by atoms with E-state index in [0.29, 0.717) is 0 Å². The lowest BCUT2D eigenvalue weighted by Gasteiger charge is -2.15. The van der Waals surface area contributed by atoms with Crippen LogP contribution in [0, 0.1) is 0 Å². The minimum Gasteiger partial charge on any atom is -0.308 e. The van der Waals surface area contributed by atoms with Crippen molar-refractivity contribution in [3.63, 3.8) is 0 Å². The predicted molar refractivity (Wildman–Crippen MR) is 124 cm³/mol. The van der Waals surface area contributed by atoms with Crippen molar-refractivity contribution in [3.05, 3.63) is 115 Å². The standard InChI is InChI=1S/C28H23N/c1-2-21-17-19-24(20-18-21)29-27(22-11-5-3-6-12-22)25-15-9-10-16-26(25)28(29)23-13-7-4-8-14-23/h3-20H,2H2,1H3. The molecule has 1 nitrogen and oxygen atoms in total. The van der Waals surface area contributed by atoms with Gasteiger partial charge in [-0.25, -0.2) is 0 Å². The summed E-state index contributed by atoms with van der Waals surface area (Å²) in [6.07, 6.45) is 1.05. The molecule has 0 saturated carbocycles. The lowest BCUT2D eigenvalue weighted by atomic mass is 10.0. The maximum absolute atomic E-state index is 2.43. The van der Waals surface area contributed by atoms with Gasteiger partial charge in [0.25, 0.3) is 0 Å². The third kappa shape index (κ3) is 3.05. The molecule has 1 heterocycles. The molecule has 0 N–H and O–H groups in total. The molecule has 0 atom stereocenters. The first-order valence-electron chi connectivity index (χ1n) is 10.2. The number of nitrogens with zero attached hydrogens (tertiary/aromatic N) is 1. The molecule has 0 unspecified atom stereocenters. The van der Waals surface area contributed by atoms with Crippen LogP contribution in [0.3, 0.4) is 0 Å². The molecule has 0 aliphatic heterocycles. The van der Waals surface area contributed by atoms with Crippen molar-refractivity contribution in [2.24, 2.45) is 0 Å². The van der Waals surface area contributed by atoms with Crippen LogP contribution in [0.2, 0.25) is 0 Å². The summed E-state index contributed by atoms with van der Waals surface area (Å²) in [5.74, 6) is 0. The molecule has 1 aromatic heterocycles. The molecule has 29 heavy (non-hydrogen) atoms. The first-order chi connectivity index (χ1) is 14.4. The molecule has 0 spiro atoms. The van der Waals surface area contributed by atoms with Crippen molar-refractivity contribution in [1.82, 2.24) is 4.57 Å². The van der Waals surface area contributed by atoms with Crippen LogP contribution in [0.5, 0.6) is 0 Å². The average molecular weight is 373 g/mol. The summed E-state index contributed by atoms with van der Waals surface area (Å²) in [7, 11) is 0. The molecule has 5 aromatic rings. The number of rotatable bonds is 4. The van der Waals surface area contributed by atoms with E-state index < -0.39 is 0 Å². The monoisotopic (exact) mass is 373 g/mol. The number of aryl methyl sites for hydroxylation is 1. The molecule has 5 rings (SSSR count). The second-order valence-electron chi connectivity index (χ2n) is 7.33. The van der Waals surface area contributed by atoms with E-state index in [9.17, 15) is 0 Å². The molecule has 0 bridgehead atoms. The number of aromatic nitrogens is 1. The summed E-state index contributed by atoms with van der Waals surface area (Å²) in [6, 6.07) is 39.1. The van der Waals surface area contributed by atoms with E-state index >= 15 is 0 Å². The van der Waals surface area contributed by atoms with E-state index in [-0.39, 0.29) is 0 Å². The molecule has 1 heteroatoms. The average Bonchev–Trinajstić information content (AvgIpc) is 3.15. The molecule has 0 fully saturated rings. The van der Waals surface area contributed by atoms with Gasteiger partial charge >= 0.3 is 0 Å². The zero-order chi connectivity index (χ0) is 19.6. The summed E-state index contributed by atoms with van der Waals surface area (Å²) < 4.78 is 2.43. The SMILES string of the molecule is CCc1ccc(-n2c(-c3ccccc3)c3ccccc3c2-c2ccccc2)cc1. The van der Waals surface area contributed by atoms with Crippen LogP contribution < -0.4 is 0 Å². The molecule has 0 radical (unpaired) electrons. The van der Waals surface area contributed by atoms with Crippen molar-refractivity contribution in [3.8, 4) is 28.2 Å². The predicted octanol–water partition coefficient (Wildman–Crippen LogP) is 7.53. The second kappa shape index (κ2) is 7.44. The zero-order valence-corrected chi connectivity index (χ0v) is 16.5. The minimum absolute atomic E-state index is 1.05. The van der Waals surface area contributed by atoms with E-state index in [1.165, 1.54) is 44.5 Å². The Morgan fingerprint density at radius 2 is 0.966 bits per heavy atom. The van der Waals surface area contributed by atoms with Gasteiger partial charge in [0.05, 0.1) is 11.4 Å². The summed E-state index contributed by atoms with van der Waals surface area (Å²) in [5.41, 5.74) is 7.48. The maximum Gasteiger partial charge on any atom is 0.0613 e. The van der Waals surface area contributed by atoms with E-state index in [0.717, 1.165) is 6.42 Å². The Kier molecular flexibility index (Phi) is 4.50. The number of fused-ring (bicyclic) bond motifs is 1. The van der Waals surface area contributed by atoms with Crippen LogP contribution >= 0.6 is 0 Å². The highest BCUT2D eigenvalue weighted by atomic mass is 15.0. The fraction of sp³-hybridized carbons (Fsp3) is 0.0714. The Bertz CT molecular complexity index is 1170. The van der Waals surface area contributed by atoms with Gasteiger partial charge in [-0.2, -0.15) is 0 Å². The summed E-state index contributed by atoms with van der Waals surface area (Å²) >= 11 is 0. The van der Waals surface area contributed by atoms with Crippen molar-refractivity contribution in [1.29, 1.82) is 0 Å². The molecule has 0 aliphatic carbocycles. The van der Waals surface area contributed by atoms with E-state index in [1.54, 1.807) is 0 Å². The van der Waals surface area contributed by atoms with Gasteiger partial charge in [0.2, 0.25) is 0 Å². The van der Waals surface area contributed by atoms with Crippen molar-refractivity contribution in [2.75, 3.05) is 0 Å². The Balaban J connectivity index is 1.92. The Morgan fingerprint density at radius 3 is 1.41 bits per heavy atom. The van der Waals surface area contributed by atoms with Crippen LogP contribution in [-0.4, -0.2) is 4.57 Å². The summed E-state index contributed by atoms with van der Waals surface area (Å²) in [4.78, 5) is 0. The first kappa shape index (κ1) is 17.5. The summed E-state index contributed by atoms with van der Waals surface area (Å²) in [5, 5.41) is 2.55. The van der Waals surface area contributed by atoms with E-state index in [2.05, 4.69) is 121 Å². The summed E-state index contributed by atoms with van der Waals surface area (Å²) in [6.45, 7) is 2.20. The highest BCUT2D eigenvalue weighted by molar-refractivity contribution is 6.06. The number of hydrogen-bond acceptors (Lipinski definition) is 0. The van der Waals surface area contributed by atoms with Crippen LogP contribution in [0.4, 0.5) is 0 Å². The van der Waals surface area contributed by atoms with Crippen molar-refractivity contribution in [2.45, 2.75) is 13.3 Å². The molecule has 0 aliphatic rings. The van der Waals surface area contributed by atoms with E-state index in [1.807, 2.05) is 0 Å². The van der Waals surface area contributed by atoms with Gasteiger partial charge in [-0.15, -0.1) is 0 Å². The lowest BCUT2D eigenvalue weighted by molar-refractivity contribution is 1.08. The Hall–Kier alpha value is -3.58. The van der Waals surface area contributed by atoms with Gasteiger partial charge < -0.3 is 4.57 Å². The highest BCUT2D eigenvalue weighted by Crippen LogP contribution is 2.41. The first-order valence-corrected chi connectivity index (χ1v) is 10.2. The van der Waals surface area contributed by atoms with Gasteiger partial charge in [-0.05, 0) is 35.2 Å².